The maximum absolute atomic E-state index is 13.6. The van der Waals surface area contributed by atoms with Crippen LogP contribution in [0.5, 0.6) is 5.75 Å². The Morgan fingerprint density at radius 3 is 2.86 bits per heavy atom. The number of piperidine rings is 1. The molecule has 0 aromatic carbocycles. The number of nitrogens with zero attached hydrogens (tertiary/aromatic N) is 2. The Morgan fingerprint density at radius 2 is 2.05 bits per heavy atom. The SMILES string of the molecule is Nc1ncc2[nH]c3ncc(F)cc3c2c1OC1CCNCC1. The molecule has 1 aliphatic heterocycles. The molecule has 22 heavy (non-hydrogen) atoms. The zero-order valence-electron chi connectivity index (χ0n) is 11.9. The van der Waals surface area contributed by atoms with Gasteiger partial charge in [0.05, 0.1) is 23.3 Å². The maximum atomic E-state index is 13.6. The summed E-state index contributed by atoms with van der Waals surface area (Å²) in [5.41, 5.74) is 7.35. The number of aromatic amines is 1. The number of ether oxygens (including phenoxy) is 1. The van der Waals surface area contributed by atoms with Gasteiger partial charge in [0.2, 0.25) is 0 Å². The van der Waals surface area contributed by atoms with Crippen LogP contribution in [0.25, 0.3) is 21.9 Å². The standard InChI is InChI=1S/C15H16FN5O/c16-8-5-10-12-11(21-15(10)20-6-8)7-19-14(17)13(12)22-9-1-3-18-4-2-9/h5-7,9,18H,1-4H2,(H2,17,19)(H,20,21). The second kappa shape index (κ2) is 5.10. The minimum Gasteiger partial charge on any atom is -0.486 e. The topological polar surface area (TPSA) is 88.9 Å². The number of nitrogen functional groups attached to an aromatic ring is 1. The molecule has 0 amide bonds. The van der Waals surface area contributed by atoms with Crippen LogP contribution in [-0.4, -0.2) is 34.1 Å². The van der Waals surface area contributed by atoms with Crippen LogP contribution in [0.4, 0.5) is 10.2 Å². The first-order valence-corrected chi connectivity index (χ1v) is 7.31. The van der Waals surface area contributed by atoms with E-state index in [2.05, 4.69) is 20.3 Å². The van der Waals surface area contributed by atoms with E-state index in [1.54, 1.807) is 6.20 Å². The van der Waals surface area contributed by atoms with Gasteiger partial charge in [-0.05, 0) is 32.0 Å². The van der Waals surface area contributed by atoms with E-state index in [-0.39, 0.29) is 6.10 Å². The van der Waals surface area contributed by atoms with Crippen LogP contribution in [0.3, 0.4) is 0 Å². The minimum absolute atomic E-state index is 0.0856. The molecule has 4 rings (SSSR count). The third-order valence-corrected chi connectivity index (χ3v) is 4.01. The third-order valence-electron chi connectivity index (χ3n) is 4.01. The van der Waals surface area contributed by atoms with Crippen molar-refractivity contribution in [3.8, 4) is 5.75 Å². The first-order valence-electron chi connectivity index (χ1n) is 7.31. The fourth-order valence-electron chi connectivity index (χ4n) is 2.93. The van der Waals surface area contributed by atoms with E-state index < -0.39 is 5.82 Å². The zero-order valence-corrected chi connectivity index (χ0v) is 11.9. The highest BCUT2D eigenvalue weighted by atomic mass is 19.1. The second-order valence-electron chi connectivity index (χ2n) is 5.50. The third kappa shape index (κ3) is 2.14. The Balaban J connectivity index is 1.89. The van der Waals surface area contributed by atoms with E-state index in [1.807, 2.05) is 0 Å². The molecular weight excluding hydrogens is 285 g/mol. The monoisotopic (exact) mass is 301 g/mol. The van der Waals surface area contributed by atoms with Crippen LogP contribution in [0.1, 0.15) is 12.8 Å². The molecule has 3 aromatic heterocycles. The molecular formula is C15H16FN5O. The summed E-state index contributed by atoms with van der Waals surface area (Å²) in [5.74, 6) is 0.441. The lowest BCUT2D eigenvalue weighted by molar-refractivity contribution is 0.165. The summed E-state index contributed by atoms with van der Waals surface area (Å²) in [7, 11) is 0. The molecule has 0 radical (unpaired) electrons. The van der Waals surface area contributed by atoms with Crippen molar-refractivity contribution in [1.82, 2.24) is 20.3 Å². The Kier molecular flexibility index (Phi) is 3.07. The summed E-state index contributed by atoms with van der Waals surface area (Å²) in [4.78, 5) is 11.4. The van der Waals surface area contributed by atoms with Gasteiger partial charge in [-0.15, -0.1) is 0 Å². The fourth-order valence-corrected chi connectivity index (χ4v) is 2.93. The van der Waals surface area contributed by atoms with Crippen LogP contribution in [0.2, 0.25) is 0 Å². The Labute approximate surface area is 125 Å². The van der Waals surface area contributed by atoms with Crippen molar-refractivity contribution in [2.24, 2.45) is 0 Å². The molecule has 6 nitrogen and oxygen atoms in total. The van der Waals surface area contributed by atoms with Crippen LogP contribution in [0, 0.1) is 5.82 Å². The number of anilines is 1. The predicted octanol–water partition coefficient (Wildman–Crippen LogP) is 1.96. The Hall–Kier alpha value is -2.41. The van der Waals surface area contributed by atoms with Crippen LogP contribution in [0.15, 0.2) is 18.5 Å². The number of nitrogens with one attached hydrogen (secondary N) is 2. The summed E-state index contributed by atoms with van der Waals surface area (Å²) >= 11 is 0. The normalized spacial score (nSPS) is 16.4. The molecule has 4 heterocycles. The summed E-state index contributed by atoms with van der Waals surface area (Å²) < 4.78 is 19.7. The van der Waals surface area contributed by atoms with E-state index in [9.17, 15) is 4.39 Å². The Morgan fingerprint density at radius 1 is 1.23 bits per heavy atom. The first-order chi connectivity index (χ1) is 10.7. The second-order valence-corrected chi connectivity index (χ2v) is 5.50. The summed E-state index contributed by atoms with van der Waals surface area (Å²) in [6, 6.07) is 1.44. The highest BCUT2D eigenvalue weighted by Crippen LogP contribution is 2.36. The quantitative estimate of drug-likeness (QED) is 0.673. The predicted molar refractivity (Wildman–Crippen MR) is 82.3 cm³/mol. The van der Waals surface area contributed by atoms with Gasteiger partial charge >= 0.3 is 0 Å². The average Bonchev–Trinajstić information content (AvgIpc) is 2.89. The van der Waals surface area contributed by atoms with Crippen molar-refractivity contribution in [3.05, 3.63) is 24.3 Å². The zero-order chi connectivity index (χ0) is 15.1. The van der Waals surface area contributed by atoms with Crippen molar-refractivity contribution >= 4 is 27.8 Å². The number of hydrogen-bond donors (Lipinski definition) is 3. The molecule has 1 aliphatic rings. The first kappa shape index (κ1) is 13.3. The van der Waals surface area contributed by atoms with Gasteiger partial charge in [-0.25, -0.2) is 14.4 Å². The molecule has 7 heteroatoms. The number of fused-ring (bicyclic) bond motifs is 3. The number of aromatic nitrogens is 3. The van der Waals surface area contributed by atoms with Gasteiger partial charge in [-0.2, -0.15) is 0 Å². The van der Waals surface area contributed by atoms with Crippen molar-refractivity contribution in [1.29, 1.82) is 0 Å². The number of hydrogen-bond acceptors (Lipinski definition) is 5. The van der Waals surface area contributed by atoms with Crippen LogP contribution in [-0.2, 0) is 0 Å². The molecule has 0 atom stereocenters. The summed E-state index contributed by atoms with van der Waals surface area (Å²) in [5, 5.41) is 4.70. The number of halogens is 1. The molecule has 0 saturated carbocycles. The summed E-state index contributed by atoms with van der Waals surface area (Å²) in [6.45, 7) is 1.83. The van der Waals surface area contributed by atoms with Crippen molar-refractivity contribution in [2.45, 2.75) is 18.9 Å². The lowest BCUT2D eigenvalue weighted by Crippen LogP contribution is -2.34. The van der Waals surface area contributed by atoms with E-state index in [0.29, 0.717) is 22.6 Å². The maximum Gasteiger partial charge on any atom is 0.171 e. The highest BCUT2D eigenvalue weighted by molar-refractivity contribution is 6.10. The largest absolute Gasteiger partial charge is 0.486 e. The lowest BCUT2D eigenvalue weighted by atomic mass is 10.1. The van der Waals surface area contributed by atoms with Crippen molar-refractivity contribution in [3.63, 3.8) is 0 Å². The molecule has 0 bridgehead atoms. The van der Waals surface area contributed by atoms with E-state index in [0.717, 1.165) is 36.8 Å². The van der Waals surface area contributed by atoms with Gasteiger partial charge in [0.15, 0.2) is 11.6 Å². The van der Waals surface area contributed by atoms with Crippen molar-refractivity contribution < 1.29 is 9.13 Å². The number of H-pyrrole nitrogens is 1. The van der Waals surface area contributed by atoms with Crippen LogP contribution < -0.4 is 15.8 Å². The van der Waals surface area contributed by atoms with Gasteiger partial charge in [0.25, 0.3) is 0 Å². The molecule has 4 N–H and O–H groups in total. The fraction of sp³-hybridized carbons (Fsp3) is 0.333. The molecule has 0 spiro atoms. The van der Waals surface area contributed by atoms with Gasteiger partial charge in [-0.3, -0.25) is 0 Å². The molecule has 1 saturated heterocycles. The molecule has 114 valence electrons. The van der Waals surface area contributed by atoms with E-state index >= 15 is 0 Å². The van der Waals surface area contributed by atoms with Gasteiger partial charge in [0.1, 0.15) is 17.6 Å². The van der Waals surface area contributed by atoms with Crippen LogP contribution >= 0.6 is 0 Å². The van der Waals surface area contributed by atoms with Crippen molar-refractivity contribution in [2.75, 3.05) is 18.8 Å². The average molecular weight is 301 g/mol. The summed E-state index contributed by atoms with van der Waals surface area (Å²) in [6.07, 6.45) is 4.71. The highest BCUT2D eigenvalue weighted by Gasteiger charge is 2.20. The smallest absolute Gasteiger partial charge is 0.171 e. The van der Waals surface area contributed by atoms with E-state index in [1.165, 1.54) is 12.3 Å². The van der Waals surface area contributed by atoms with Gasteiger partial charge < -0.3 is 20.8 Å². The number of rotatable bonds is 2. The molecule has 0 unspecified atom stereocenters. The van der Waals surface area contributed by atoms with Gasteiger partial charge in [0, 0.05) is 5.39 Å². The molecule has 3 aromatic rings. The van der Waals surface area contributed by atoms with Gasteiger partial charge in [-0.1, -0.05) is 0 Å². The molecule has 0 aliphatic carbocycles. The minimum atomic E-state index is -0.392. The Bertz CT molecular complexity index is 841. The number of nitrogens with two attached hydrogens (primary N) is 1. The molecule has 1 fully saturated rings. The van der Waals surface area contributed by atoms with E-state index in [4.69, 9.17) is 10.5 Å². The number of pyridine rings is 2. The lowest BCUT2D eigenvalue weighted by Gasteiger charge is -2.24.